The lowest BCUT2D eigenvalue weighted by Crippen LogP contribution is -2.25. The number of halogens is 1. The minimum atomic E-state index is -0.297. The molecule has 0 spiro atoms. The molecule has 0 radical (unpaired) electrons. The Morgan fingerprint density at radius 3 is 2.68 bits per heavy atom. The second-order valence-corrected chi connectivity index (χ2v) is 6.12. The fourth-order valence-electron chi connectivity index (χ4n) is 1.66. The molecule has 0 fully saturated rings. The molecule has 0 bridgehead atoms. The molecule has 102 valence electrons. The van der Waals surface area contributed by atoms with Crippen molar-refractivity contribution in [2.75, 3.05) is 12.4 Å². The highest BCUT2D eigenvalue weighted by Crippen LogP contribution is 2.33. The summed E-state index contributed by atoms with van der Waals surface area (Å²) >= 11 is 1.50. The van der Waals surface area contributed by atoms with Gasteiger partial charge in [0, 0.05) is 16.5 Å². The Bertz CT molecular complexity index is 575. The SMILES string of the molecule is COc1ccc(F)cc1-c1csc(NC(C)(C)C)n1. The lowest BCUT2D eigenvalue weighted by atomic mass is 10.1. The fourth-order valence-corrected chi connectivity index (χ4v) is 2.58. The number of aromatic nitrogens is 1. The molecule has 1 aromatic heterocycles. The topological polar surface area (TPSA) is 34.1 Å². The third kappa shape index (κ3) is 3.44. The van der Waals surface area contributed by atoms with E-state index in [0.29, 0.717) is 17.0 Å². The summed E-state index contributed by atoms with van der Waals surface area (Å²) in [6.45, 7) is 6.20. The minimum absolute atomic E-state index is 0.0544. The van der Waals surface area contributed by atoms with Gasteiger partial charge in [0.15, 0.2) is 5.13 Å². The van der Waals surface area contributed by atoms with Crippen molar-refractivity contribution in [3.8, 4) is 17.0 Å². The first-order valence-electron chi connectivity index (χ1n) is 5.97. The van der Waals surface area contributed by atoms with E-state index in [-0.39, 0.29) is 11.4 Å². The van der Waals surface area contributed by atoms with Gasteiger partial charge in [-0.3, -0.25) is 0 Å². The molecule has 2 aromatic rings. The first-order chi connectivity index (χ1) is 8.89. The van der Waals surface area contributed by atoms with Gasteiger partial charge in [-0.2, -0.15) is 0 Å². The van der Waals surface area contributed by atoms with Gasteiger partial charge < -0.3 is 10.1 Å². The van der Waals surface area contributed by atoms with E-state index >= 15 is 0 Å². The molecule has 0 aliphatic heterocycles. The highest BCUT2D eigenvalue weighted by atomic mass is 32.1. The normalized spacial score (nSPS) is 11.4. The van der Waals surface area contributed by atoms with Crippen LogP contribution in [0.15, 0.2) is 23.6 Å². The number of hydrogen-bond donors (Lipinski definition) is 1. The van der Waals surface area contributed by atoms with Gasteiger partial charge in [-0.05, 0) is 39.0 Å². The van der Waals surface area contributed by atoms with Gasteiger partial charge in [-0.25, -0.2) is 9.37 Å². The number of benzene rings is 1. The smallest absolute Gasteiger partial charge is 0.183 e. The number of methoxy groups -OCH3 is 1. The monoisotopic (exact) mass is 280 g/mol. The van der Waals surface area contributed by atoms with E-state index in [1.807, 2.05) is 5.38 Å². The molecule has 19 heavy (non-hydrogen) atoms. The number of rotatable bonds is 3. The van der Waals surface area contributed by atoms with Gasteiger partial charge in [0.2, 0.25) is 0 Å². The molecular formula is C14H17FN2OS. The van der Waals surface area contributed by atoms with E-state index in [1.54, 1.807) is 13.2 Å². The first-order valence-corrected chi connectivity index (χ1v) is 6.84. The van der Waals surface area contributed by atoms with Crippen LogP contribution < -0.4 is 10.1 Å². The number of ether oxygens (including phenoxy) is 1. The largest absolute Gasteiger partial charge is 0.496 e. The Morgan fingerprint density at radius 1 is 1.32 bits per heavy atom. The molecule has 0 amide bonds. The number of hydrogen-bond acceptors (Lipinski definition) is 4. The maximum Gasteiger partial charge on any atom is 0.183 e. The molecule has 1 aromatic carbocycles. The van der Waals surface area contributed by atoms with Crippen LogP contribution in [0.2, 0.25) is 0 Å². The molecular weight excluding hydrogens is 263 g/mol. The van der Waals surface area contributed by atoms with Crippen molar-refractivity contribution in [3.05, 3.63) is 29.4 Å². The molecule has 1 heterocycles. The zero-order chi connectivity index (χ0) is 14.0. The molecule has 1 N–H and O–H groups in total. The van der Waals surface area contributed by atoms with E-state index in [9.17, 15) is 4.39 Å². The minimum Gasteiger partial charge on any atom is -0.496 e. The fraction of sp³-hybridized carbons (Fsp3) is 0.357. The second kappa shape index (κ2) is 5.17. The second-order valence-electron chi connectivity index (χ2n) is 5.26. The van der Waals surface area contributed by atoms with Crippen LogP contribution in [0, 0.1) is 5.82 Å². The number of thiazole rings is 1. The molecule has 0 aliphatic carbocycles. The summed E-state index contributed by atoms with van der Waals surface area (Å²) in [5.41, 5.74) is 1.33. The lowest BCUT2D eigenvalue weighted by Gasteiger charge is -2.19. The standard InChI is InChI=1S/C14H17FN2OS/c1-14(2,3)17-13-16-11(8-19-13)10-7-9(15)5-6-12(10)18-4/h5-8H,1-4H3,(H,16,17). The maximum atomic E-state index is 13.4. The van der Waals surface area contributed by atoms with Crippen molar-refractivity contribution in [3.63, 3.8) is 0 Å². The number of nitrogens with one attached hydrogen (secondary N) is 1. The highest BCUT2D eigenvalue weighted by Gasteiger charge is 2.15. The molecule has 3 nitrogen and oxygen atoms in total. The summed E-state index contributed by atoms with van der Waals surface area (Å²) in [4.78, 5) is 4.48. The van der Waals surface area contributed by atoms with Gasteiger partial charge >= 0.3 is 0 Å². The van der Waals surface area contributed by atoms with Crippen molar-refractivity contribution in [2.45, 2.75) is 26.3 Å². The number of anilines is 1. The van der Waals surface area contributed by atoms with E-state index in [1.165, 1.54) is 23.5 Å². The van der Waals surface area contributed by atoms with Crippen LogP contribution in [-0.4, -0.2) is 17.6 Å². The third-order valence-corrected chi connectivity index (χ3v) is 3.18. The maximum absolute atomic E-state index is 13.4. The van der Waals surface area contributed by atoms with Gasteiger partial charge in [-0.1, -0.05) is 0 Å². The van der Waals surface area contributed by atoms with E-state index in [0.717, 1.165) is 5.13 Å². The van der Waals surface area contributed by atoms with Crippen LogP contribution >= 0.6 is 11.3 Å². The summed E-state index contributed by atoms with van der Waals surface area (Å²) in [6, 6.07) is 4.43. The first kappa shape index (κ1) is 13.8. The van der Waals surface area contributed by atoms with Gasteiger partial charge in [0.25, 0.3) is 0 Å². The van der Waals surface area contributed by atoms with Crippen molar-refractivity contribution >= 4 is 16.5 Å². The van der Waals surface area contributed by atoms with E-state index < -0.39 is 0 Å². The predicted octanol–water partition coefficient (Wildman–Crippen LogP) is 4.17. The summed E-state index contributed by atoms with van der Waals surface area (Å²) in [6.07, 6.45) is 0. The van der Waals surface area contributed by atoms with Crippen LogP contribution in [0.25, 0.3) is 11.3 Å². The van der Waals surface area contributed by atoms with Crippen LogP contribution in [0.3, 0.4) is 0 Å². The predicted molar refractivity (Wildman–Crippen MR) is 77.4 cm³/mol. The van der Waals surface area contributed by atoms with Crippen LogP contribution in [-0.2, 0) is 0 Å². The van der Waals surface area contributed by atoms with E-state index in [2.05, 4.69) is 31.1 Å². The van der Waals surface area contributed by atoms with Crippen LogP contribution in [0.1, 0.15) is 20.8 Å². The Balaban J connectivity index is 2.35. The van der Waals surface area contributed by atoms with Gasteiger partial charge in [0.1, 0.15) is 11.6 Å². The summed E-state index contributed by atoms with van der Waals surface area (Å²) in [7, 11) is 1.57. The zero-order valence-electron chi connectivity index (χ0n) is 11.5. The Hall–Kier alpha value is -1.62. The summed E-state index contributed by atoms with van der Waals surface area (Å²) < 4.78 is 18.6. The van der Waals surface area contributed by atoms with Gasteiger partial charge in [0.05, 0.1) is 12.8 Å². The van der Waals surface area contributed by atoms with Crippen LogP contribution in [0.4, 0.5) is 9.52 Å². The van der Waals surface area contributed by atoms with E-state index in [4.69, 9.17) is 4.74 Å². The Kier molecular flexibility index (Phi) is 3.75. The Labute approximate surface area is 116 Å². The number of nitrogens with zero attached hydrogens (tertiary/aromatic N) is 1. The average molecular weight is 280 g/mol. The van der Waals surface area contributed by atoms with Gasteiger partial charge in [-0.15, -0.1) is 11.3 Å². The highest BCUT2D eigenvalue weighted by molar-refractivity contribution is 7.14. The molecule has 0 saturated carbocycles. The molecule has 0 saturated heterocycles. The quantitative estimate of drug-likeness (QED) is 0.916. The lowest BCUT2D eigenvalue weighted by molar-refractivity contribution is 0.415. The summed E-state index contributed by atoms with van der Waals surface area (Å²) in [5.74, 6) is 0.322. The van der Waals surface area contributed by atoms with Crippen LogP contribution in [0.5, 0.6) is 5.75 Å². The molecule has 0 unspecified atom stereocenters. The summed E-state index contributed by atoms with van der Waals surface area (Å²) in [5, 5.41) is 6.00. The van der Waals surface area contributed by atoms with Crippen molar-refractivity contribution < 1.29 is 9.13 Å². The molecule has 5 heteroatoms. The molecule has 0 aliphatic rings. The van der Waals surface area contributed by atoms with Crippen molar-refractivity contribution in [1.82, 2.24) is 4.98 Å². The van der Waals surface area contributed by atoms with Crippen molar-refractivity contribution in [2.24, 2.45) is 0 Å². The van der Waals surface area contributed by atoms with Crippen molar-refractivity contribution in [1.29, 1.82) is 0 Å². The molecule has 0 atom stereocenters. The Morgan fingerprint density at radius 2 is 2.05 bits per heavy atom. The average Bonchev–Trinajstić information content (AvgIpc) is 2.75. The zero-order valence-corrected chi connectivity index (χ0v) is 12.3. The third-order valence-electron chi connectivity index (χ3n) is 2.42. The molecule has 2 rings (SSSR count).